The molecule has 0 aliphatic rings. The number of nitrogens with zero attached hydrogens (tertiary/aromatic N) is 6. The van der Waals surface area contributed by atoms with Crippen molar-refractivity contribution < 1.29 is 9.18 Å². The van der Waals surface area contributed by atoms with Crippen LogP contribution in [0.15, 0.2) is 20.5 Å². The van der Waals surface area contributed by atoms with Gasteiger partial charge in [-0.25, -0.2) is 13.9 Å². The molecular formula is C11H7BrClFN6O. The van der Waals surface area contributed by atoms with E-state index in [2.05, 4.69) is 41.4 Å². The minimum absolute atomic E-state index is 0.0110. The number of tetrazole rings is 1. The van der Waals surface area contributed by atoms with Crippen LogP contribution in [-0.4, -0.2) is 31.5 Å². The van der Waals surface area contributed by atoms with Crippen LogP contribution in [0.5, 0.6) is 0 Å². The van der Waals surface area contributed by atoms with Crippen LogP contribution >= 0.6 is 27.5 Å². The van der Waals surface area contributed by atoms with Crippen molar-refractivity contribution in [2.45, 2.75) is 6.92 Å². The monoisotopic (exact) mass is 372 g/mol. The van der Waals surface area contributed by atoms with Crippen LogP contribution in [0.25, 0.3) is 0 Å². The molecule has 1 heterocycles. The lowest BCUT2D eigenvalue weighted by molar-refractivity contribution is 0.565. The number of aliphatic imine (C=N–C) groups is 2. The number of isocyanates is 1. The Morgan fingerprint density at radius 1 is 1.57 bits per heavy atom. The molecule has 1 aromatic heterocycles. The molecule has 10 heteroatoms. The first-order valence-electron chi connectivity index (χ1n) is 5.49. The molecule has 0 unspecified atom stereocenters. The minimum atomic E-state index is -0.617. The molecule has 0 bridgehead atoms. The van der Waals surface area contributed by atoms with Crippen LogP contribution in [0.3, 0.4) is 0 Å². The van der Waals surface area contributed by atoms with Crippen molar-refractivity contribution in [2.24, 2.45) is 17.0 Å². The summed E-state index contributed by atoms with van der Waals surface area (Å²) in [6.45, 7) is 1.56. The predicted molar refractivity (Wildman–Crippen MR) is 77.5 cm³/mol. The Morgan fingerprint density at radius 2 is 2.29 bits per heavy atom. The van der Waals surface area contributed by atoms with Gasteiger partial charge in [-0.05, 0) is 44.9 Å². The van der Waals surface area contributed by atoms with E-state index in [4.69, 9.17) is 11.6 Å². The fourth-order valence-electron chi connectivity index (χ4n) is 1.63. The quantitative estimate of drug-likeness (QED) is 0.611. The summed E-state index contributed by atoms with van der Waals surface area (Å²) in [6.07, 6.45) is 1.41. The molecule has 108 valence electrons. The second-order valence-electron chi connectivity index (χ2n) is 3.90. The van der Waals surface area contributed by atoms with Gasteiger partial charge >= 0.3 is 0 Å². The summed E-state index contributed by atoms with van der Waals surface area (Å²) in [6, 6.07) is 1.14. The van der Waals surface area contributed by atoms with Crippen molar-refractivity contribution in [3.63, 3.8) is 0 Å². The Bertz CT molecular complexity index is 783. The van der Waals surface area contributed by atoms with Crippen LogP contribution in [-0.2, 0) is 11.8 Å². The SMILES string of the molecule is Cc1c(N=C=O)c(Br)cc(F)c1/C(Cl)=N/c1nnnn1C. The zero-order valence-corrected chi connectivity index (χ0v) is 13.1. The Kier molecular flexibility index (Phi) is 4.56. The van der Waals surface area contributed by atoms with E-state index in [1.165, 1.54) is 10.8 Å². The summed E-state index contributed by atoms with van der Waals surface area (Å²) in [5.41, 5.74) is 0.580. The van der Waals surface area contributed by atoms with Crippen molar-refractivity contribution in [3.05, 3.63) is 27.5 Å². The average molecular weight is 374 g/mol. The number of hydrogen-bond acceptors (Lipinski definition) is 6. The van der Waals surface area contributed by atoms with Crippen molar-refractivity contribution >= 4 is 50.4 Å². The fourth-order valence-corrected chi connectivity index (χ4v) is 2.52. The van der Waals surface area contributed by atoms with Crippen molar-refractivity contribution in [1.82, 2.24) is 20.2 Å². The molecule has 2 aromatic rings. The van der Waals surface area contributed by atoms with Gasteiger partial charge in [-0.1, -0.05) is 16.7 Å². The van der Waals surface area contributed by atoms with Crippen LogP contribution in [0.2, 0.25) is 0 Å². The van der Waals surface area contributed by atoms with Gasteiger partial charge in [0.2, 0.25) is 6.08 Å². The highest BCUT2D eigenvalue weighted by Gasteiger charge is 2.18. The largest absolute Gasteiger partial charge is 0.270 e. The lowest BCUT2D eigenvalue weighted by Crippen LogP contribution is -2.02. The van der Waals surface area contributed by atoms with Gasteiger partial charge in [0.1, 0.15) is 11.0 Å². The Morgan fingerprint density at radius 3 is 2.86 bits per heavy atom. The van der Waals surface area contributed by atoms with Gasteiger partial charge in [0, 0.05) is 11.5 Å². The first-order chi connectivity index (χ1) is 9.95. The van der Waals surface area contributed by atoms with E-state index in [0.717, 1.165) is 6.07 Å². The van der Waals surface area contributed by atoms with Crippen LogP contribution in [0, 0.1) is 12.7 Å². The third-order valence-corrected chi connectivity index (χ3v) is 3.49. The summed E-state index contributed by atoms with van der Waals surface area (Å²) in [7, 11) is 1.57. The minimum Gasteiger partial charge on any atom is -0.213 e. The number of hydrogen-bond donors (Lipinski definition) is 0. The smallest absolute Gasteiger partial charge is 0.213 e. The number of halogens is 3. The van der Waals surface area contributed by atoms with Gasteiger partial charge in [-0.3, -0.25) is 0 Å². The van der Waals surface area contributed by atoms with E-state index < -0.39 is 5.82 Å². The number of aryl methyl sites for hydroxylation is 1. The molecule has 0 radical (unpaired) electrons. The molecule has 0 aliphatic carbocycles. The second-order valence-corrected chi connectivity index (χ2v) is 5.11. The average Bonchev–Trinajstić information content (AvgIpc) is 2.80. The summed E-state index contributed by atoms with van der Waals surface area (Å²) < 4.78 is 15.7. The van der Waals surface area contributed by atoms with E-state index in [1.807, 2.05) is 0 Å². The van der Waals surface area contributed by atoms with Crippen LogP contribution in [0.1, 0.15) is 11.1 Å². The van der Waals surface area contributed by atoms with Crippen LogP contribution in [0.4, 0.5) is 16.0 Å². The molecule has 0 saturated heterocycles. The number of carbonyl (C=O) groups excluding carboxylic acids is 1. The number of benzene rings is 1. The Labute approximate surface area is 131 Å². The maximum atomic E-state index is 14.1. The zero-order valence-electron chi connectivity index (χ0n) is 10.8. The lowest BCUT2D eigenvalue weighted by Gasteiger charge is -2.09. The van der Waals surface area contributed by atoms with E-state index in [1.54, 1.807) is 14.0 Å². The molecule has 0 aliphatic heterocycles. The van der Waals surface area contributed by atoms with E-state index in [9.17, 15) is 9.18 Å². The first-order valence-corrected chi connectivity index (χ1v) is 6.66. The Hall–Kier alpha value is -1.96. The highest BCUT2D eigenvalue weighted by Crippen LogP contribution is 2.34. The van der Waals surface area contributed by atoms with Gasteiger partial charge in [0.05, 0.1) is 11.3 Å². The van der Waals surface area contributed by atoms with E-state index in [0.29, 0.717) is 10.0 Å². The molecule has 0 saturated carbocycles. The summed E-state index contributed by atoms with van der Waals surface area (Å²) in [5, 5.41) is 10.5. The molecule has 2 rings (SSSR count). The highest BCUT2D eigenvalue weighted by atomic mass is 79.9. The predicted octanol–water partition coefficient (Wildman–Crippen LogP) is 2.70. The molecule has 0 spiro atoms. The first kappa shape index (κ1) is 15.4. The number of aromatic nitrogens is 4. The van der Waals surface area contributed by atoms with E-state index >= 15 is 0 Å². The maximum absolute atomic E-state index is 14.1. The van der Waals surface area contributed by atoms with Crippen molar-refractivity contribution in [2.75, 3.05) is 0 Å². The molecule has 0 fully saturated rings. The Balaban J connectivity index is 2.63. The molecule has 0 atom stereocenters. The topological polar surface area (TPSA) is 85.4 Å². The van der Waals surface area contributed by atoms with Gasteiger partial charge in [0.15, 0.2) is 0 Å². The highest BCUT2D eigenvalue weighted by molar-refractivity contribution is 9.10. The number of rotatable bonds is 3. The molecule has 0 amide bonds. The normalized spacial score (nSPS) is 11.4. The molecule has 1 aromatic carbocycles. The van der Waals surface area contributed by atoms with Gasteiger partial charge in [0.25, 0.3) is 5.95 Å². The summed E-state index contributed by atoms with van der Waals surface area (Å²) in [4.78, 5) is 17.9. The molecule has 7 nitrogen and oxygen atoms in total. The van der Waals surface area contributed by atoms with Crippen molar-refractivity contribution in [3.8, 4) is 0 Å². The third-order valence-electron chi connectivity index (χ3n) is 2.61. The van der Waals surface area contributed by atoms with Gasteiger partial charge in [-0.2, -0.15) is 9.98 Å². The van der Waals surface area contributed by atoms with E-state index in [-0.39, 0.29) is 22.4 Å². The summed E-state index contributed by atoms with van der Waals surface area (Å²) >= 11 is 9.17. The third kappa shape index (κ3) is 3.05. The molecule has 21 heavy (non-hydrogen) atoms. The second kappa shape index (κ2) is 6.21. The van der Waals surface area contributed by atoms with Crippen LogP contribution < -0.4 is 0 Å². The summed E-state index contributed by atoms with van der Waals surface area (Å²) in [5.74, 6) is -0.504. The fraction of sp³-hybridized carbons (Fsp3) is 0.182. The molecule has 0 N–H and O–H groups in total. The standard InChI is InChI=1S/C11H7BrClFN6O/c1-5-8(7(14)3-6(12)9(5)15-4-21)10(13)16-11-17-18-19-20(11)2/h3H,1-2H3/b16-10-. The van der Waals surface area contributed by atoms with Gasteiger partial charge < -0.3 is 0 Å². The zero-order chi connectivity index (χ0) is 15.6. The van der Waals surface area contributed by atoms with Gasteiger partial charge in [-0.15, -0.1) is 0 Å². The molecular weight excluding hydrogens is 367 g/mol. The van der Waals surface area contributed by atoms with Crippen molar-refractivity contribution in [1.29, 1.82) is 0 Å². The lowest BCUT2D eigenvalue weighted by atomic mass is 10.1. The maximum Gasteiger partial charge on any atom is 0.270 e.